The van der Waals surface area contributed by atoms with Gasteiger partial charge in [-0.2, -0.15) is 18.4 Å². The van der Waals surface area contributed by atoms with E-state index in [0.29, 0.717) is 18.7 Å². The molecule has 6 heteroatoms. The van der Waals surface area contributed by atoms with Crippen LogP contribution in [0.15, 0.2) is 18.2 Å². The van der Waals surface area contributed by atoms with Crippen molar-refractivity contribution in [3.05, 3.63) is 29.3 Å². The molecule has 21 heavy (non-hydrogen) atoms. The summed E-state index contributed by atoms with van der Waals surface area (Å²) in [5, 5.41) is 18.2. The van der Waals surface area contributed by atoms with Gasteiger partial charge in [0.25, 0.3) is 0 Å². The number of benzene rings is 1. The van der Waals surface area contributed by atoms with Crippen molar-refractivity contribution in [2.45, 2.75) is 45.5 Å². The van der Waals surface area contributed by atoms with Crippen LogP contribution in [0.5, 0.6) is 0 Å². The second-order valence-corrected chi connectivity index (χ2v) is 5.06. The summed E-state index contributed by atoms with van der Waals surface area (Å²) in [5.74, 6) is 0. The lowest BCUT2D eigenvalue weighted by Gasteiger charge is -2.31. The lowest BCUT2D eigenvalue weighted by molar-refractivity contribution is -0.137. The predicted molar refractivity (Wildman–Crippen MR) is 74.9 cm³/mol. The maximum absolute atomic E-state index is 13.0. The fourth-order valence-electron chi connectivity index (χ4n) is 2.41. The number of hydrogen-bond acceptors (Lipinski definition) is 3. The zero-order valence-electron chi connectivity index (χ0n) is 12.3. The molecule has 1 aromatic rings. The molecule has 0 fully saturated rings. The highest BCUT2D eigenvalue weighted by Gasteiger charge is 2.34. The smallest absolute Gasteiger partial charge is 0.393 e. The number of aliphatic hydroxyl groups is 1. The molecule has 0 aliphatic rings. The van der Waals surface area contributed by atoms with E-state index in [1.54, 1.807) is 17.9 Å². The summed E-state index contributed by atoms with van der Waals surface area (Å²) in [6.07, 6.45) is -4.64. The number of rotatable bonds is 5. The first-order valence-electron chi connectivity index (χ1n) is 6.76. The Labute approximate surface area is 122 Å². The number of anilines is 1. The molecule has 1 N–H and O–H groups in total. The van der Waals surface area contributed by atoms with Gasteiger partial charge in [-0.3, -0.25) is 0 Å². The minimum absolute atomic E-state index is 0.107. The van der Waals surface area contributed by atoms with Crippen LogP contribution in [0.3, 0.4) is 0 Å². The Morgan fingerprint density at radius 2 is 1.95 bits per heavy atom. The topological polar surface area (TPSA) is 47.3 Å². The monoisotopic (exact) mass is 300 g/mol. The molecule has 0 radical (unpaired) electrons. The van der Waals surface area contributed by atoms with E-state index in [4.69, 9.17) is 5.26 Å². The number of halogens is 3. The zero-order valence-corrected chi connectivity index (χ0v) is 12.3. The van der Waals surface area contributed by atoms with Gasteiger partial charge in [0, 0.05) is 18.3 Å². The third kappa shape index (κ3) is 4.36. The van der Waals surface area contributed by atoms with Crippen LogP contribution in [-0.2, 0) is 6.18 Å². The standard InChI is InChI=1S/C15H19F3N2O/c1-4-20(10(2)7-11(3)21)13-6-5-12(9-19)14(8-13)15(16,17)18/h5-6,8,10-11,21H,4,7H2,1-3H3/t10-,11+/m1/s1. The SMILES string of the molecule is CCN(c1ccc(C#N)c(C(F)(F)F)c1)[C@H](C)C[C@H](C)O. The van der Waals surface area contributed by atoms with Crippen molar-refractivity contribution in [2.24, 2.45) is 0 Å². The molecule has 0 aromatic heterocycles. The van der Waals surface area contributed by atoms with Crippen LogP contribution >= 0.6 is 0 Å². The Bertz CT molecular complexity index is 521. The van der Waals surface area contributed by atoms with Gasteiger partial charge in [-0.25, -0.2) is 0 Å². The Hall–Kier alpha value is -1.74. The minimum atomic E-state index is -4.56. The highest BCUT2D eigenvalue weighted by Crippen LogP contribution is 2.35. The van der Waals surface area contributed by atoms with Crippen molar-refractivity contribution in [3.8, 4) is 6.07 Å². The van der Waals surface area contributed by atoms with E-state index < -0.39 is 17.8 Å². The fraction of sp³-hybridized carbons (Fsp3) is 0.533. The van der Waals surface area contributed by atoms with E-state index in [1.165, 1.54) is 12.1 Å². The summed E-state index contributed by atoms with van der Waals surface area (Å²) in [6.45, 7) is 5.84. The van der Waals surface area contributed by atoms with Gasteiger partial charge in [0.15, 0.2) is 0 Å². The lowest BCUT2D eigenvalue weighted by Crippen LogP contribution is -2.35. The maximum atomic E-state index is 13.0. The van der Waals surface area contributed by atoms with E-state index >= 15 is 0 Å². The second-order valence-electron chi connectivity index (χ2n) is 5.06. The Balaban J connectivity index is 3.21. The number of hydrogen-bond donors (Lipinski definition) is 1. The Morgan fingerprint density at radius 3 is 2.38 bits per heavy atom. The molecular formula is C15H19F3N2O. The van der Waals surface area contributed by atoms with Gasteiger partial charge < -0.3 is 10.0 Å². The summed E-state index contributed by atoms with van der Waals surface area (Å²) < 4.78 is 39.0. The summed E-state index contributed by atoms with van der Waals surface area (Å²) in [5.41, 5.74) is -0.910. The zero-order chi connectivity index (χ0) is 16.2. The Morgan fingerprint density at radius 1 is 1.33 bits per heavy atom. The van der Waals surface area contributed by atoms with E-state index in [-0.39, 0.29) is 11.6 Å². The van der Waals surface area contributed by atoms with Crippen molar-refractivity contribution in [2.75, 3.05) is 11.4 Å². The lowest BCUT2D eigenvalue weighted by atomic mass is 10.0. The summed E-state index contributed by atoms with van der Waals surface area (Å²) in [4.78, 5) is 1.78. The third-order valence-corrected chi connectivity index (χ3v) is 3.32. The fourth-order valence-corrected chi connectivity index (χ4v) is 2.41. The van der Waals surface area contributed by atoms with Crippen LogP contribution in [0.4, 0.5) is 18.9 Å². The quantitative estimate of drug-likeness (QED) is 0.904. The van der Waals surface area contributed by atoms with Crippen LogP contribution in [0.1, 0.15) is 38.3 Å². The van der Waals surface area contributed by atoms with Gasteiger partial charge in [0.1, 0.15) is 0 Å². The minimum Gasteiger partial charge on any atom is -0.393 e. The molecule has 2 atom stereocenters. The molecule has 0 saturated heterocycles. The van der Waals surface area contributed by atoms with Gasteiger partial charge >= 0.3 is 6.18 Å². The van der Waals surface area contributed by atoms with E-state index in [0.717, 1.165) is 6.07 Å². The molecule has 0 aliphatic heterocycles. The molecule has 0 spiro atoms. The van der Waals surface area contributed by atoms with Crippen LogP contribution < -0.4 is 4.90 Å². The van der Waals surface area contributed by atoms with Crippen molar-refractivity contribution < 1.29 is 18.3 Å². The van der Waals surface area contributed by atoms with Gasteiger partial charge in [-0.05, 0) is 45.4 Å². The number of nitriles is 1. The molecule has 0 bridgehead atoms. The summed E-state index contributed by atoms with van der Waals surface area (Å²) in [7, 11) is 0. The van der Waals surface area contributed by atoms with Crippen LogP contribution in [0.2, 0.25) is 0 Å². The van der Waals surface area contributed by atoms with Crippen molar-refractivity contribution >= 4 is 5.69 Å². The third-order valence-electron chi connectivity index (χ3n) is 3.32. The van der Waals surface area contributed by atoms with Crippen LogP contribution in [0, 0.1) is 11.3 Å². The van der Waals surface area contributed by atoms with Gasteiger partial charge in [0.2, 0.25) is 0 Å². The molecule has 3 nitrogen and oxygen atoms in total. The molecular weight excluding hydrogens is 281 g/mol. The average molecular weight is 300 g/mol. The molecule has 1 rings (SSSR count). The highest BCUT2D eigenvalue weighted by molar-refractivity contribution is 5.55. The predicted octanol–water partition coefficient (Wildman–Crippen LogP) is 3.56. The van der Waals surface area contributed by atoms with E-state index in [2.05, 4.69) is 0 Å². The van der Waals surface area contributed by atoms with Crippen LogP contribution in [-0.4, -0.2) is 23.8 Å². The van der Waals surface area contributed by atoms with Gasteiger partial charge in [-0.15, -0.1) is 0 Å². The normalized spacial score (nSPS) is 14.4. The first-order chi connectivity index (χ1) is 9.70. The number of alkyl halides is 3. The van der Waals surface area contributed by atoms with E-state index in [9.17, 15) is 18.3 Å². The second kappa shape index (κ2) is 6.81. The van der Waals surface area contributed by atoms with Crippen LogP contribution in [0.25, 0.3) is 0 Å². The first kappa shape index (κ1) is 17.3. The first-order valence-corrected chi connectivity index (χ1v) is 6.76. The molecule has 0 saturated carbocycles. The Kier molecular flexibility index (Phi) is 5.62. The molecule has 0 heterocycles. The number of nitrogens with zero attached hydrogens (tertiary/aromatic N) is 2. The van der Waals surface area contributed by atoms with Crippen molar-refractivity contribution in [1.29, 1.82) is 5.26 Å². The largest absolute Gasteiger partial charge is 0.417 e. The van der Waals surface area contributed by atoms with Crippen molar-refractivity contribution in [1.82, 2.24) is 0 Å². The summed E-state index contributed by atoms with van der Waals surface area (Å²) >= 11 is 0. The van der Waals surface area contributed by atoms with E-state index in [1.807, 2.05) is 13.8 Å². The highest BCUT2D eigenvalue weighted by atomic mass is 19.4. The summed E-state index contributed by atoms with van der Waals surface area (Å²) in [6, 6.07) is 5.16. The molecule has 0 amide bonds. The molecule has 0 aliphatic carbocycles. The molecule has 0 unspecified atom stereocenters. The number of aliphatic hydroxyl groups excluding tert-OH is 1. The maximum Gasteiger partial charge on any atom is 0.417 e. The van der Waals surface area contributed by atoms with Gasteiger partial charge in [-0.1, -0.05) is 0 Å². The van der Waals surface area contributed by atoms with Gasteiger partial charge in [0.05, 0.1) is 23.3 Å². The average Bonchev–Trinajstić information content (AvgIpc) is 2.37. The molecule has 116 valence electrons. The van der Waals surface area contributed by atoms with Crippen molar-refractivity contribution in [3.63, 3.8) is 0 Å². The molecule has 1 aromatic carbocycles.